The molecule has 1 amide bonds. The van der Waals surface area contributed by atoms with Crippen LogP contribution in [-0.2, 0) is 14.8 Å². The van der Waals surface area contributed by atoms with Crippen LogP contribution in [0.25, 0.3) is 0 Å². The van der Waals surface area contributed by atoms with Crippen molar-refractivity contribution in [1.82, 2.24) is 14.5 Å². The average molecular weight is 381 g/mol. The number of nitrogens with one attached hydrogen (secondary N) is 1. The molecule has 2 aliphatic heterocycles. The molecule has 7 nitrogen and oxygen atoms in total. The van der Waals surface area contributed by atoms with Gasteiger partial charge in [-0.3, -0.25) is 4.79 Å². The molecule has 1 aromatic carbocycles. The Bertz CT molecular complexity index is 724. The van der Waals surface area contributed by atoms with Gasteiger partial charge in [-0.05, 0) is 37.1 Å². The first-order valence-corrected chi connectivity index (χ1v) is 10.7. The molecular formula is C18H27N3O4S. The van der Waals surface area contributed by atoms with Crippen LogP contribution in [0.4, 0.5) is 0 Å². The van der Waals surface area contributed by atoms with Crippen molar-refractivity contribution in [1.29, 1.82) is 0 Å². The van der Waals surface area contributed by atoms with E-state index in [0.29, 0.717) is 38.4 Å². The third-order valence-electron chi connectivity index (χ3n) is 5.08. The highest BCUT2D eigenvalue weighted by molar-refractivity contribution is 7.89. The molecule has 2 saturated heterocycles. The number of hydrogen-bond acceptors (Lipinski definition) is 5. The van der Waals surface area contributed by atoms with Crippen molar-refractivity contribution in [3.63, 3.8) is 0 Å². The van der Waals surface area contributed by atoms with E-state index in [0.717, 1.165) is 26.1 Å². The lowest BCUT2D eigenvalue weighted by Gasteiger charge is -2.34. The summed E-state index contributed by atoms with van der Waals surface area (Å²) < 4.78 is 33.0. The Balaban J connectivity index is 1.66. The fraction of sp³-hybridized carbons (Fsp3) is 0.611. The molecule has 1 atom stereocenters. The molecule has 144 valence electrons. The van der Waals surface area contributed by atoms with Crippen LogP contribution in [0.5, 0.6) is 0 Å². The van der Waals surface area contributed by atoms with Crippen molar-refractivity contribution in [2.45, 2.75) is 18.2 Å². The predicted molar refractivity (Wildman–Crippen MR) is 98.6 cm³/mol. The molecule has 0 aliphatic carbocycles. The van der Waals surface area contributed by atoms with Gasteiger partial charge in [-0.25, -0.2) is 13.1 Å². The highest BCUT2D eigenvalue weighted by atomic mass is 32.2. The smallest absolute Gasteiger partial charge is 0.253 e. The van der Waals surface area contributed by atoms with Crippen LogP contribution in [0.1, 0.15) is 23.7 Å². The lowest BCUT2D eigenvalue weighted by Crippen LogP contribution is -2.48. The second-order valence-corrected chi connectivity index (χ2v) is 8.60. The summed E-state index contributed by atoms with van der Waals surface area (Å²) in [5, 5.41) is 0. The Kier molecular flexibility index (Phi) is 6.29. The van der Waals surface area contributed by atoms with E-state index in [2.05, 4.69) is 16.5 Å². The molecule has 2 fully saturated rings. The summed E-state index contributed by atoms with van der Waals surface area (Å²) in [5.41, 5.74) is 0.419. The van der Waals surface area contributed by atoms with Crippen LogP contribution >= 0.6 is 0 Å². The number of hydrogen-bond donors (Lipinski definition) is 1. The molecule has 26 heavy (non-hydrogen) atoms. The van der Waals surface area contributed by atoms with E-state index in [9.17, 15) is 13.2 Å². The minimum atomic E-state index is -3.63. The number of sulfonamides is 1. The molecule has 0 aromatic heterocycles. The van der Waals surface area contributed by atoms with Crippen molar-refractivity contribution in [2.24, 2.45) is 5.92 Å². The van der Waals surface area contributed by atoms with Crippen LogP contribution in [0.15, 0.2) is 29.2 Å². The third-order valence-corrected chi connectivity index (χ3v) is 6.51. The SMILES string of the molecule is CCN1CCN(C(=O)c2cccc(S(=O)(=O)NCC3CCOC3)c2)CC1. The third kappa shape index (κ3) is 4.62. The molecular weight excluding hydrogens is 354 g/mol. The molecule has 1 aromatic rings. The minimum Gasteiger partial charge on any atom is -0.381 e. The van der Waals surface area contributed by atoms with Gasteiger partial charge >= 0.3 is 0 Å². The van der Waals surface area contributed by atoms with Gasteiger partial charge in [-0.1, -0.05) is 13.0 Å². The van der Waals surface area contributed by atoms with Crippen LogP contribution in [0.3, 0.4) is 0 Å². The fourth-order valence-electron chi connectivity index (χ4n) is 3.30. The van der Waals surface area contributed by atoms with Crippen molar-refractivity contribution < 1.29 is 17.9 Å². The number of carbonyl (C=O) groups excluding carboxylic acids is 1. The van der Waals surface area contributed by atoms with Crippen LogP contribution in [0.2, 0.25) is 0 Å². The number of ether oxygens (including phenoxy) is 1. The number of likely N-dealkylation sites (N-methyl/N-ethyl adjacent to an activating group) is 1. The predicted octanol–water partition coefficient (Wildman–Crippen LogP) is 0.779. The van der Waals surface area contributed by atoms with Gasteiger partial charge in [0, 0.05) is 44.9 Å². The van der Waals surface area contributed by atoms with Gasteiger partial charge in [-0.15, -0.1) is 0 Å². The molecule has 0 radical (unpaired) electrons. The van der Waals surface area contributed by atoms with E-state index in [1.165, 1.54) is 12.1 Å². The Morgan fingerprint density at radius 3 is 2.69 bits per heavy atom. The quantitative estimate of drug-likeness (QED) is 0.788. The van der Waals surface area contributed by atoms with Crippen molar-refractivity contribution in [2.75, 3.05) is 52.5 Å². The van der Waals surface area contributed by atoms with E-state index < -0.39 is 10.0 Å². The minimum absolute atomic E-state index is 0.109. The first-order valence-electron chi connectivity index (χ1n) is 9.18. The molecule has 1 unspecified atom stereocenters. The maximum absolute atomic E-state index is 12.7. The van der Waals surface area contributed by atoms with Gasteiger partial charge in [0.05, 0.1) is 11.5 Å². The topological polar surface area (TPSA) is 79.0 Å². The Morgan fingerprint density at radius 1 is 1.27 bits per heavy atom. The summed E-state index contributed by atoms with van der Waals surface area (Å²) in [6.45, 7) is 7.76. The van der Waals surface area contributed by atoms with Crippen molar-refractivity contribution in [3.05, 3.63) is 29.8 Å². The summed E-state index contributed by atoms with van der Waals surface area (Å²) in [7, 11) is -3.63. The standard InChI is InChI=1S/C18H27N3O4S/c1-2-20-7-9-21(10-8-20)18(22)16-4-3-5-17(12-16)26(23,24)19-13-15-6-11-25-14-15/h3-5,12,15,19H,2,6-11,13-14H2,1H3. The van der Waals surface area contributed by atoms with E-state index in [1.807, 2.05) is 0 Å². The number of rotatable bonds is 6. The van der Waals surface area contributed by atoms with Crippen molar-refractivity contribution >= 4 is 15.9 Å². The van der Waals surface area contributed by atoms with Crippen LogP contribution in [0, 0.1) is 5.92 Å². The highest BCUT2D eigenvalue weighted by Gasteiger charge is 2.24. The normalized spacial score (nSPS) is 21.9. The Morgan fingerprint density at radius 2 is 2.04 bits per heavy atom. The van der Waals surface area contributed by atoms with Crippen LogP contribution in [-0.4, -0.2) is 76.6 Å². The number of nitrogens with zero attached hydrogens (tertiary/aromatic N) is 2. The number of carbonyl (C=O) groups is 1. The molecule has 1 N–H and O–H groups in total. The Hall–Kier alpha value is -1.48. The van der Waals surface area contributed by atoms with Gasteiger partial charge in [0.2, 0.25) is 10.0 Å². The number of piperazine rings is 1. The van der Waals surface area contributed by atoms with E-state index in [-0.39, 0.29) is 16.7 Å². The number of benzene rings is 1. The molecule has 2 aliphatic rings. The summed E-state index contributed by atoms with van der Waals surface area (Å²) in [6.07, 6.45) is 0.866. The molecule has 0 saturated carbocycles. The maximum atomic E-state index is 12.7. The zero-order valence-corrected chi connectivity index (χ0v) is 16.0. The average Bonchev–Trinajstić information content (AvgIpc) is 3.20. The first-order chi connectivity index (χ1) is 12.5. The zero-order valence-electron chi connectivity index (χ0n) is 15.2. The highest BCUT2D eigenvalue weighted by Crippen LogP contribution is 2.16. The molecule has 3 rings (SSSR count). The van der Waals surface area contributed by atoms with E-state index in [4.69, 9.17) is 4.74 Å². The second kappa shape index (κ2) is 8.47. The largest absolute Gasteiger partial charge is 0.381 e. The van der Waals surface area contributed by atoms with E-state index in [1.54, 1.807) is 17.0 Å². The van der Waals surface area contributed by atoms with Crippen LogP contribution < -0.4 is 4.72 Å². The summed E-state index contributed by atoms with van der Waals surface area (Å²) in [5.74, 6) is 0.103. The molecule has 0 bridgehead atoms. The Labute approximate surface area is 155 Å². The van der Waals surface area contributed by atoms with E-state index >= 15 is 0 Å². The summed E-state index contributed by atoms with van der Waals surface area (Å²) >= 11 is 0. The maximum Gasteiger partial charge on any atom is 0.253 e. The second-order valence-electron chi connectivity index (χ2n) is 6.84. The molecule has 8 heteroatoms. The van der Waals surface area contributed by atoms with Gasteiger partial charge in [-0.2, -0.15) is 0 Å². The van der Waals surface area contributed by atoms with Gasteiger partial charge in [0.15, 0.2) is 0 Å². The molecule has 0 spiro atoms. The number of amides is 1. The summed E-state index contributed by atoms with van der Waals surface area (Å²) in [6, 6.07) is 6.31. The lowest BCUT2D eigenvalue weighted by molar-refractivity contribution is 0.0643. The van der Waals surface area contributed by atoms with Crippen molar-refractivity contribution in [3.8, 4) is 0 Å². The first kappa shape index (κ1) is 19.3. The van der Waals surface area contributed by atoms with Gasteiger partial charge in [0.25, 0.3) is 5.91 Å². The lowest BCUT2D eigenvalue weighted by atomic mass is 10.1. The molecule has 2 heterocycles. The fourth-order valence-corrected chi connectivity index (χ4v) is 4.46. The van der Waals surface area contributed by atoms with Gasteiger partial charge < -0.3 is 14.5 Å². The zero-order chi connectivity index (χ0) is 18.6. The monoisotopic (exact) mass is 381 g/mol. The summed E-state index contributed by atoms with van der Waals surface area (Å²) in [4.78, 5) is 16.9. The van der Waals surface area contributed by atoms with Gasteiger partial charge in [0.1, 0.15) is 0 Å².